The molecule has 66 valence electrons. The monoisotopic (exact) mass is 158 g/mol. The average Bonchev–Trinajstić information content (AvgIpc) is 1.84. The maximum absolute atomic E-state index is 5.15. The van der Waals surface area contributed by atoms with Crippen LogP contribution in [0.25, 0.3) is 0 Å². The summed E-state index contributed by atoms with van der Waals surface area (Å²) in [6.07, 6.45) is 2.08. The Labute approximate surface area is 68.6 Å². The second kappa shape index (κ2) is 4.34. The van der Waals surface area contributed by atoms with Crippen LogP contribution in [0, 0.1) is 5.41 Å². The molecule has 0 radical (unpaired) electrons. The number of aliphatic imine (C=N–C) groups is 1. The molecule has 0 aromatic heterocycles. The first-order chi connectivity index (χ1) is 4.99. The lowest BCUT2D eigenvalue weighted by molar-refractivity contribution is 0.0737. The van der Waals surface area contributed by atoms with Gasteiger partial charge in [-0.2, -0.15) is 0 Å². The first-order valence-corrected chi connectivity index (χ1v) is 3.76. The Morgan fingerprint density at radius 3 is 2.36 bits per heavy atom. The summed E-state index contributed by atoms with van der Waals surface area (Å²) in [6, 6.07) is 0. The van der Waals surface area contributed by atoms with Gasteiger partial charge >= 0.3 is 0 Å². The molecule has 11 heavy (non-hydrogen) atoms. The van der Waals surface area contributed by atoms with Crippen molar-refractivity contribution in [3.8, 4) is 0 Å². The van der Waals surface area contributed by atoms with Crippen LogP contribution < -0.4 is 5.73 Å². The molecule has 0 aromatic rings. The van der Waals surface area contributed by atoms with Gasteiger partial charge < -0.3 is 10.5 Å². The average molecular weight is 158 g/mol. The van der Waals surface area contributed by atoms with Gasteiger partial charge in [0.25, 0.3) is 0 Å². The Balaban J connectivity index is 3.88. The van der Waals surface area contributed by atoms with Crippen LogP contribution in [0.4, 0.5) is 0 Å². The molecule has 0 aromatic carbocycles. The van der Waals surface area contributed by atoms with Crippen molar-refractivity contribution < 1.29 is 4.74 Å². The normalized spacial score (nSPS) is 15.6. The summed E-state index contributed by atoms with van der Waals surface area (Å²) >= 11 is 0. The highest BCUT2D eigenvalue weighted by Crippen LogP contribution is 2.22. The molecule has 0 bridgehead atoms. The summed E-state index contributed by atoms with van der Waals surface area (Å²) in [6.45, 7) is 6.43. The Kier molecular flexibility index (Phi) is 4.11. The summed E-state index contributed by atoms with van der Waals surface area (Å²) in [5.74, 6) is 0. The molecule has 0 aliphatic carbocycles. The highest BCUT2D eigenvalue weighted by Gasteiger charge is 2.16. The fourth-order valence-electron chi connectivity index (χ4n) is 0.817. The Hall–Kier alpha value is -0.570. The quantitative estimate of drug-likeness (QED) is 0.498. The first kappa shape index (κ1) is 10.4. The molecule has 2 N–H and O–H groups in total. The van der Waals surface area contributed by atoms with Crippen LogP contribution in [-0.4, -0.2) is 19.7 Å². The van der Waals surface area contributed by atoms with Crippen molar-refractivity contribution in [3.05, 3.63) is 0 Å². The van der Waals surface area contributed by atoms with Crippen LogP contribution in [0.5, 0.6) is 0 Å². The number of hydrogen-bond acceptors (Lipinski definition) is 2. The van der Waals surface area contributed by atoms with Gasteiger partial charge in [-0.25, -0.2) is 4.99 Å². The van der Waals surface area contributed by atoms with Gasteiger partial charge in [-0.15, -0.1) is 0 Å². The van der Waals surface area contributed by atoms with Gasteiger partial charge in [-0.05, 0) is 11.8 Å². The Morgan fingerprint density at radius 1 is 1.55 bits per heavy atom. The summed E-state index contributed by atoms with van der Waals surface area (Å²) in [7, 11) is 1.64. The smallest absolute Gasteiger partial charge is 0.150 e. The maximum atomic E-state index is 5.15. The number of hydrogen-bond donors (Lipinski definition) is 1. The largest absolute Gasteiger partial charge is 0.390 e. The topological polar surface area (TPSA) is 47.6 Å². The second-order valence-electron chi connectivity index (χ2n) is 3.75. The fourth-order valence-corrected chi connectivity index (χ4v) is 0.817. The SMILES string of the molecule is CO[C@H](CC(C)(C)C)/N=C/N. The minimum Gasteiger partial charge on any atom is -0.390 e. The number of nitrogens with zero attached hydrogens (tertiary/aromatic N) is 1. The van der Waals surface area contributed by atoms with Crippen molar-refractivity contribution in [2.24, 2.45) is 16.1 Å². The van der Waals surface area contributed by atoms with E-state index in [1.165, 1.54) is 6.34 Å². The molecule has 0 amide bonds. The van der Waals surface area contributed by atoms with Crippen LogP contribution in [-0.2, 0) is 4.74 Å². The van der Waals surface area contributed by atoms with Gasteiger partial charge in [-0.3, -0.25) is 0 Å². The highest BCUT2D eigenvalue weighted by atomic mass is 16.5. The van der Waals surface area contributed by atoms with Gasteiger partial charge in [0.15, 0.2) is 0 Å². The molecular formula is C8H18N2O. The molecule has 0 fully saturated rings. The first-order valence-electron chi connectivity index (χ1n) is 3.76. The van der Waals surface area contributed by atoms with E-state index >= 15 is 0 Å². The van der Waals surface area contributed by atoms with Crippen LogP contribution in [0.2, 0.25) is 0 Å². The number of rotatable bonds is 3. The highest BCUT2D eigenvalue weighted by molar-refractivity contribution is 5.51. The third-order valence-corrected chi connectivity index (χ3v) is 1.31. The predicted molar refractivity (Wildman–Crippen MR) is 47.5 cm³/mol. The third-order valence-electron chi connectivity index (χ3n) is 1.31. The maximum Gasteiger partial charge on any atom is 0.150 e. The van der Waals surface area contributed by atoms with E-state index in [0.29, 0.717) is 0 Å². The molecule has 1 atom stereocenters. The zero-order valence-corrected chi connectivity index (χ0v) is 7.79. The van der Waals surface area contributed by atoms with Crippen molar-refractivity contribution in [2.75, 3.05) is 7.11 Å². The van der Waals surface area contributed by atoms with Gasteiger partial charge in [0.05, 0.1) is 6.34 Å². The molecule has 0 saturated carbocycles. The van der Waals surface area contributed by atoms with Crippen molar-refractivity contribution in [2.45, 2.75) is 33.4 Å². The Morgan fingerprint density at radius 2 is 2.09 bits per heavy atom. The third kappa shape index (κ3) is 5.85. The molecule has 0 unspecified atom stereocenters. The Bertz CT molecular complexity index is 127. The molecule has 0 heterocycles. The van der Waals surface area contributed by atoms with E-state index in [1.54, 1.807) is 7.11 Å². The second-order valence-corrected chi connectivity index (χ2v) is 3.75. The zero-order chi connectivity index (χ0) is 8.91. The molecule has 0 spiro atoms. The van der Waals surface area contributed by atoms with Crippen LogP contribution >= 0.6 is 0 Å². The summed E-state index contributed by atoms with van der Waals surface area (Å²) in [5.41, 5.74) is 5.38. The van der Waals surface area contributed by atoms with E-state index in [1.807, 2.05) is 0 Å². The molecule has 0 aliphatic rings. The van der Waals surface area contributed by atoms with Crippen LogP contribution in [0.3, 0.4) is 0 Å². The molecule has 3 nitrogen and oxygen atoms in total. The number of ether oxygens (including phenoxy) is 1. The molecule has 0 rings (SSSR count). The van der Waals surface area contributed by atoms with Gasteiger partial charge in [-0.1, -0.05) is 20.8 Å². The molecule has 0 saturated heterocycles. The van der Waals surface area contributed by atoms with Gasteiger partial charge in [0.2, 0.25) is 0 Å². The molecule has 0 aliphatic heterocycles. The van der Waals surface area contributed by atoms with Crippen LogP contribution in [0.15, 0.2) is 4.99 Å². The molecule has 3 heteroatoms. The van der Waals surface area contributed by atoms with E-state index < -0.39 is 0 Å². The number of methoxy groups -OCH3 is 1. The van der Waals surface area contributed by atoms with Crippen molar-refractivity contribution in [1.29, 1.82) is 0 Å². The van der Waals surface area contributed by atoms with E-state index in [4.69, 9.17) is 10.5 Å². The van der Waals surface area contributed by atoms with E-state index in [-0.39, 0.29) is 11.6 Å². The van der Waals surface area contributed by atoms with E-state index in [0.717, 1.165) is 6.42 Å². The van der Waals surface area contributed by atoms with Gasteiger partial charge in [0, 0.05) is 7.11 Å². The van der Waals surface area contributed by atoms with Crippen LogP contribution in [0.1, 0.15) is 27.2 Å². The van der Waals surface area contributed by atoms with E-state index in [2.05, 4.69) is 25.8 Å². The summed E-state index contributed by atoms with van der Waals surface area (Å²) in [5, 5.41) is 0. The van der Waals surface area contributed by atoms with Crippen molar-refractivity contribution in [1.82, 2.24) is 0 Å². The predicted octanol–water partition coefficient (Wildman–Crippen LogP) is 1.38. The minimum atomic E-state index is -0.0972. The molecular weight excluding hydrogens is 140 g/mol. The van der Waals surface area contributed by atoms with Gasteiger partial charge in [0.1, 0.15) is 6.23 Å². The fraction of sp³-hybridized carbons (Fsp3) is 0.875. The lowest BCUT2D eigenvalue weighted by atomic mass is 9.91. The van der Waals surface area contributed by atoms with Crippen molar-refractivity contribution >= 4 is 6.34 Å². The minimum absolute atomic E-state index is 0.0972. The number of nitrogens with two attached hydrogens (primary N) is 1. The lowest BCUT2D eigenvalue weighted by Gasteiger charge is -2.21. The van der Waals surface area contributed by atoms with Crippen molar-refractivity contribution in [3.63, 3.8) is 0 Å². The van der Waals surface area contributed by atoms with E-state index in [9.17, 15) is 0 Å². The standard InChI is InChI=1S/C8H18N2O/c1-8(2,3)5-7(11-4)10-6-9/h6-7H,5H2,1-4H3,(H2,9,10)/t7-/m1/s1. The lowest BCUT2D eigenvalue weighted by Crippen LogP contribution is -2.18. The summed E-state index contributed by atoms with van der Waals surface area (Å²) in [4.78, 5) is 3.96. The zero-order valence-electron chi connectivity index (χ0n) is 7.79. The summed E-state index contributed by atoms with van der Waals surface area (Å²) < 4.78 is 5.09.